The Morgan fingerprint density at radius 2 is 1.40 bits per heavy atom. The van der Waals surface area contributed by atoms with E-state index in [0.29, 0.717) is 0 Å². The van der Waals surface area contributed by atoms with Crippen LogP contribution in [0.3, 0.4) is 0 Å². The van der Waals surface area contributed by atoms with E-state index in [-0.39, 0.29) is 10.5 Å². The molecule has 6 heteroatoms. The van der Waals surface area contributed by atoms with Gasteiger partial charge in [0.15, 0.2) is 0 Å². The molecular formula is C14H20BClF2O2. The summed E-state index contributed by atoms with van der Waals surface area (Å²) in [6.07, 6.45) is 0. The van der Waals surface area contributed by atoms with Crippen LogP contribution < -0.4 is 5.46 Å². The normalized spacial score (nSPS) is 19.6. The summed E-state index contributed by atoms with van der Waals surface area (Å²) < 4.78 is 38.2. The van der Waals surface area contributed by atoms with Crippen molar-refractivity contribution >= 4 is 24.2 Å². The number of hydrogen-bond acceptors (Lipinski definition) is 2. The molecule has 0 saturated carbocycles. The van der Waals surface area contributed by atoms with Crippen LogP contribution in [0.4, 0.5) is 8.78 Å². The van der Waals surface area contributed by atoms with Gasteiger partial charge in [-0.25, -0.2) is 8.78 Å². The SMILES string of the molecule is CC.CC1(C)OB(c2cc(Cl)c(F)cc2F)OC1(C)C. The van der Waals surface area contributed by atoms with Crippen LogP contribution in [0.25, 0.3) is 0 Å². The molecule has 1 fully saturated rings. The first-order chi connectivity index (χ1) is 9.14. The lowest BCUT2D eigenvalue weighted by Crippen LogP contribution is -2.41. The fraction of sp³-hybridized carbons (Fsp3) is 0.571. The van der Waals surface area contributed by atoms with E-state index in [4.69, 9.17) is 20.9 Å². The minimum atomic E-state index is -0.881. The van der Waals surface area contributed by atoms with Crippen LogP contribution in [0.5, 0.6) is 0 Å². The zero-order valence-electron chi connectivity index (χ0n) is 12.7. The van der Waals surface area contributed by atoms with Gasteiger partial charge in [-0.3, -0.25) is 0 Å². The molecule has 1 heterocycles. The molecule has 20 heavy (non-hydrogen) atoms. The molecule has 0 spiro atoms. The molecule has 1 aromatic carbocycles. The number of hydrogen-bond donors (Lipinski definition) is 0. The summed E-state index contributed by atoms with van der Waals surface area (Å²) in [5.41, 5.74) is -1.05. The molecule has 1 aliphatic heterocycles. The molecule has 2 rings (SSSR count). The van der Waals surface area contributed by atoms with Crippen molar-refractivity contribution in [2.75, 3.05) is 0 Å². The topological polar surface area (TPSA) is 18.5 Å². The van der Waals surface area contributed by atoms with Gasteiger partial charge in [0.1, 0.15) is 11.6 Å². The monoisotopic (exact) mass is 304 g/mol. The Hall–Kier alpha value is -0.645. The number of halogens is 3. The average molecular weight is 305 g/mol. The lowest BCUT2D eigenvalue weighted by atomic mass is 9.78. The third-order valence-electron chi connectivity index (χ3n) is 3.55. The first kappa shape index (κ1) is 17.4. The van der Waals surface area contributed by atoms with Crippen LogP contribution in [0.2, 0.25) is 5.02 Å². The Morgan fingerprint density at radius 1 is 0.950 bits per heavy atom. The number of benzene rings is 1. The quantitative estimate of drug-likeness (QED) is 0.578. The smallest absolute Gasteiger partial charge is 0.399 e. The Balaban J connectivity index is 0.000000956. The van der Waals surface area contributed by atoms with E-state index in [9.17, 15) is 8.78 Å². The van der Waals surface area contributed by atoms with E-state index in [2.05, 4.69) is 0 Å². The molecule has 112 valence electrons. The molecule has 1 aliphatic rings. The molecular weight excluding hydrogens is 284 g/mol. The van der Waals surface area contributed by atoms with Crippen molar-refractivity contribution in [2.24, 2.45) is 0 Å². The highest BCUT2D eigenvalue weighted by atomic mass is 35.5. The fourth-order valence-corrected chi connectivity index (χ4v) is 1.86. The van der Waals surface area contributed by atoms with E-state index in [1.54, 1.807) is 0 Å². The third kappa shape index (κ3) is 3.16. The van der Waals surface area contributed by atoms with Crippen LogP contribution in [0, 0.1) is 11.6 Å². The van der Waals surface area contributed by atoms with Crippen molar-refractivity contribution in [3.8, 4) is 0 Å². The standard InChI is InChI=1S/C12H14BClF2O2.C2H6/c1-11(2)12(3,4)18-13(17-11)7-5-8(14)10(16)6-9(7)15;1-2/h5-6H,1-4H3;1-2H3. The van der Waals surface area contributed by atoms with Crippen molar-refractivity contribution in [3.63, 3.8) is 0 Å². The van der Waals surface area contributed by atoms with Gasteiger partial charge in [-0.15, -0.1) is 0 Å². The van der Waals surface area contributed by atoms with Crippen LogP contribution in [-0.4, -0.2) is 18.3 Å². The minimum absolute atomic E-state index is 0.111. The van der Waals surface area contributed by atoms with Gasteiger partial charge in [0.25, 0.3) is 0 Å². The molecule has 1 saturated heterocycles. The van der Waals surface area contributed by atoms with Crippen LogP contribution in [0.15, 0.2) is 12.1 Å². The first-order valence-corrected chi connectivity index (χ1v) is 7.02. The lowest BCUT2D eigenvalue weighted by Gasteiger charge is -2.32. The van der Waals surface area contributed by atoms with Crippen LogP contribution in [-0.2, 0) is 9.31 Å². The predicted molar refractivity (Wildman–Crippen MR) is 78.4 cm³/mol. The summed E-state index contributed by atoms with van der Waals surface area (Å²) in [6.45, 7) is 11.4. The summed E-state index contributed by atoms with van der Waals surface area (Å²) in [5, 5.41) is -0.152. The molecule has 2 nitrogen and oxygen atoms in total. The minimum Gasteiger partial charge on any atom is -0.399 e. The maximum absolute atomic E-state index is 13.7. The van der Waals surface area contributed by atoms with E-state index < -0.39 is 30.0 Å². The number of rotatable bonds is 1. The highest BCUT2D eigenvalue weighted by Gasteiger charge is 2.52. The first-order valence-electron chi connectivity index (χ1n) is 6.64. The molecule has 1 aromatic rings. The van der Waals surface area contributed by atoms with Gasteiger partial charge in [-0.1, -0.05) is 25.4 Å². The van der Waals surface area contributed by atoms with Crippen LogP contribution in [0.1, 0.15) is 41.5 Å². The van der Waals surface area contributed by atoms with Gasteiger partial charge in [-0.2, -0.15) is 0 Å². The van der Waals surface area contributed by atoms with Crippen molar-refractivity contribution in [3.05, 3.63) is 28.8 Å². The summed E-state index contributed by atoms with van der Waals surface area (Å²) in [4.78, 5) is 0. The molecule has 0 bridgehead atoms. The summed E-state index contributed by atoms with van der Waals surface area (Å²) in [6, 6.07) is 1.94. The van der Waals surface area contributed by atoms with Gasteiger partial charge in [0, 0.05) is 11.5 Å². The van der Waals surface area contributed by atoms with Crippen molar-refractivity contribution in [1.82, 2.24) is 0 Å². The van der Waals surface area contributed by atoms with E-state index in [1.807, 2.05) is 41.5 Å². The highest BCUT2D eigenvalue weighted by molar-refractivity contribution is 6.62. The second kappa shape index (κ2) is 6.00. The lowest BCUT2D eigenvalue weighted by molar-refractivity contribution is 0.00578. The highest BCUT2D eigenvalue weighted by Crippen LogP contribution is 2.36. The second-order valence-electron chi connectivity index (χ2n) is 5.38. The van der Waals surface area contributed by atoms with Crippen molar-refractivity contribution in [2.45, 2.75) is 52.7 Å². The van der Waals surface area contributed by atoms with E-state index in [0.717, 1.165) is 6.07 Å². The van der Waals surface area contributed by atoms with Crippen molar-refractivity contribution < 1.29 is 18.1 Å². The van der Waals surface area contributed by atoms with Crippen LogP contribution >= 0.6 is 11.6 Å². The Kier molecular flexibility index (Phi) is 5.22. The van der Waals surface area contributed by atoms with E-state index in [1.165, 1.54) is 6.07 Å². The molecule has 0 radical (unpaired) electrons. The Bertz CT molecular complexity index is 476. The van der Waals surface area contributed by atoms with Gasteiger partial charge in [0.2, 0.25) is 0 Å². The summed E-state index contributed by atoms with van der Waals surface area (Å²) >= 11 is 5.65. The molecule has 0 unspecified atom stereocenters. The maximum atomic E-state index is 13.7. The maximum Gasteiger partial charge on any atom is 0.497 e. The van der Waals surface area contributed by atoms with Gasteiger partial charge in [-0.05, 0) is 33.8 Å². The third-order valence-corrected chi connectivity index (χ3v) is 3.84. The second-order valence-corrected chi connectivity index (χ2v) is 5.78. The summed E-state index contributed by atoms with van der Waals surface area (Å²) in [5.74, 6) is -1.52. The fourth-order valence-electron chi connectivity index (χ4n) is 1.69. The Morgan fingerprint density at radius 3 is 1.85 bits per heavy atom. The molecule has 0 atom stereocenters. The Labute approximate surface area is 124 Å². The zero-order valence-corrected chi connectivity index (χ0v) is 13.4. The van der Waals surface area contributed by atoms with Gasteiger partial charge >= 0.3 is 7.12 Å². The van der Waals surface area contributed by atoms with Crippen molar-refractivity contribution in [1.29, 1.82) is 0 Å². The largest absolute Gasteiger partial charge is 0.497 e. The molecule has 0 aliphatic carbocycles. The zero-order chi connectivity index (χ0) is 15.7. The molecule has 0 aromatic heterocycles. The molecule has 0 amide bonds. The molecule has 0 N–H and O–H groups in total. The van der Waals surface area contributed by atoms with E-state index >= 15 is 0 Å². The summed E-state index contributed by atoms with van der Waals surface area (Å²) in [7, 11) is -0.881. The predicted octanol–water partition coefficient (Wildman–Crippen LogP) is 3.94. The van der Waals surface area contributed by atoms with Gasteiger partial charge in [0.05, 0.1) is 16.2 Å². The average Bonchev–Trinajstić information content (AvgIpc) is 2.55. The van der Waals surface area contributed by atoms with Gasteiger partial charge < -0.3 is 9.31 Å².